The molecule has 0 aliphatic rings. The first-order chi connectivity index (χ1) is 11.6. The number of urea groups is 1. The first-order valence-corrected chi connectivity index (χ1v) is 7.82. The molecule has 0 saturated carbocycles. The summed E-state index contributed by atoms with van der Waals surface area (Å²) >= 11 is 0. The van der Waals surface area contributed by atoms with Gasteiger partial charge in [-0.1, -0.05) is 47.5 Å². The van der Waals surface area contributed by atoms with Crippen LogP contribution < -0.4 is 10.6 Å². The monoisotopic (exact) mass is 320 g/mol. The zero-order chi connectivity index (χ0) is 16.9. The number of anilines is 2. The Morgan fingerprint density at radius 3 is 2.21 bits per heavy atom. The van der Waals surface area contributed by atoms with Crippen molar-refractivity contribution in [3.8, 4) is 0 Å². The van der Waals surface area contributed by atoms with E-state index in [1.807, 2.05) is 37.4 Å². The van der Waals surface area contributed by atoms with Crippen LogP contribution in [0.3, 0.4) is 0 Å². The fraction of sp³-hybridized carbons (Fsp3) is 0.158. The quantitative estimate of drug-likeness (QED) is 0.757. The average Bonchev–Trinajstić information content (AvgIpc) is 2.99. The molecular formula is C19H20N4O. The first-order valence-electron chi connectivity index (χ1n) is 7.82. The molecular weight excluding hydrogens is 300 g/mol. The zero-order valence-corrected chi connectivity index (χ0v) is 13.8. The van der Waals surface area contributed by atoms with Crippen molar-refractivity contribution in [2.45, 2.75) is 20.4 Å². The molecule has 0 fully saturated rings. The Balaban J connectivity index is 1.58. The number of carbonyl (C=O) groups is 1. The maximum atomic E-state index is 12.0. The van der Waals surface area contributed by atoms with Crippen LogP contribution in [-0.2, 0) is 6.54 Å². The van der Waals surface area contributed by atoms with Gasteiger partial charge in [0, 0.05) is 18.0 Å². The Bertz CT molecular complexity index is 819. The van der Waals surface area contributed by atoms with Crippen LogP contribution in [-0.4, -0.2) is 15.8 Å². The fourth-order valence-corrected chi connectivity index (χ4v) is 2.31. The fourth-order valence-electron chi connectivity index (χ4n) is 2.31. The Kier molecular flexibility index (Phi) is 4.61. The zero-order valence-electron chi connectivity index (χ0n) is 13.8. The molecule has 2 aromatic carbocycles. The van der Waals surface area contributed by atoms with Gasteiger partial charge in [-0.05, 0) is 31.5 Å². The third-order valence-corrected chi connectivity index (χ3v) is 3.66. The summed E-state index contributed by atoms with van der Waals surface area (Å²) in [6, 6.07) is 17.4. The number of aromatic nitrogens is 2. The molecule has 3 aromatic rings. The number of hydrogen-bond acceptors (Lipinski definition) is 2. The normalized spacial score (nSPS) is 10.4. The summed E-state index contributed by atoms with van der Waals surface area (Å²) in [5.41, 5.74) is 4.29. The van der Waals surface area contributed by atoms with Crippen LogP contribution in [0.1, 0.15) is 16.7 Å². The second kappa shape index (κ2) is 7.00. The van der Waals surface area contributed by atoms with Gasteiger partial charge in [-0.15, -0.1) is 0 Å². The summed E-state index contributed by atoms with van der Waals surface area (Å²) in [4.78, 5) is 12.0. The Morgan fingerprint density at radius 1 is 0.917 bits per heavy atom. The Hall–Kier alpha value is -3.08. The van der Waals surface area contributed by atoms with Gasteiger partial charge in [0.1, 0.15) is 0 Å². The predicted octanol–water partition coefficient (Wildman–Crippen LogP) is 4.19. The van der Waals surface area contributed by atoms with Crippen molar-refractivity contribution in [2.75, 3.05) is 10.6 Å². The summed E-state index contributed by atoms with van der Waals surface area (Å²) in [6.07, 6.45) is 1.85. The van der Waals surface area contributed by atoms with Gasteiger partial charge in [0.15, 0.2) is 5.82 Å². The summed E-state index contributed by atoms with van der Waals surface area (Å²) in [5.74, 6) is 0.520. The number of rotatable bonds is 4. The molecule has 24 heavy (non-hydrogen) atoms. The van der Waals surface area contributed by atoms with E-state index in [0.717, 1.165) is 11.3 Å². The number of nitrogens with one attached hydrogen (secondary N) is 2. The Labute approximate surface area is 141 Å². The first kappa shape index (κ1) is 15.8. The van der Waals surface area contributed by atoms with Gasteiger partial charge in [-0.2, -0.15) is 5.10 Å². The van der Waals surface area contributed by atoms with Crippen molar-refractivity contribution >= 4 is 17.5 Å². The topological polar surface area (TPSA) is 59.0 Å². The number of carbonyl (C=O) groups excluding carboxylic acids is 1. The molecule has 2 amide bonds. The number of nitrogens with zero attached hydrogens (tertiary/aromatic N) is 2. The molecule has 0 bridgehead atoms. The number of benzene rings is 2. The molecule has 0 aliphatic heterocycles. The van der Waals surface area contributed by atoms with Crippen LogP contribution >= 0.6 is 0 Å². The lowest BCUT2D eigenvalue weighted by Gasteiger charge is -2.06. The van der Waals surface area contributed by atoms with Crippen molar-refractivity contribution in [3.63, 3.8) is 0 Å². The van der Waals surface area contributed by atoms with Gasteiger partial charge in [0.25, 0.3) is 0 Å². The van der Waals surface area contributed by atoms with Crippen LogP contribution in [0.2, 0.25) is 0 Å². The lowest BCUT2D eigenvalue weighted by atomic mass is 10.1. The van der Waals surface area contributed by atoms with Crippen LogP contribution in [0.25, 0.3) is 0 Å². The molecule has 3 rings (SSSR count). The largest absolute Gasteiger partial charge is 0.324 e. The minimum absolute atomic E-state index is 0.306. The molecule has 5 nitrogen and oxygen atoms in total. The van der Waals surface area contributed by atoms with Crippen molar-refractivity contribution in [1.29, 1.82) is 0 Å². The molecule has 2 N–H and O–H groups in total. The van der Waals surface area contributed by atoms with E-state index in [1.54, 1.807) is 10.7 Å². The highest BCUT2D eigenvalue weighted by atomic mass is 16.2. The minimum Gasteiger partial charge on any atom is -0.308 e. The van der Waals surface area contributed by atoms with E-state index in [-0.39, 0.29) is 6.03 Å². The van der Waals surface area contributed by atoms with Gasteiger partial charge < -0.3 is 5.32 Å². The van der Waals surface area contributed by atoms with E-state index >= 15 is 0 Å². The van der Waals surface area contributed by atoms with E-state index < -0.39 is 0 Å². The van der Waals surface area contributed by atoms with E-state index in [2.05, 4.69) is 46.9 Å². The highest BCUT2D eigenvalue weighted by Crippen LogP contribution is 2.11. The van der Waals surface area contributed by atoms with Crippen LogP contribution in [0.4, 0.5) is 16.3 Å². The third kappa shape index (κ3) is 4.23. The van der Waals surface area contributed by atoms with E-state index in [0.29, 0.717) is 12.4 Å². The van der Waals surface area contributed by atoms with Gasteiger partial charge in [-0.3, -0.25) is 10.00 Å². The highest BCUT2D eigenvalue weighted by molar-refractivity contribution is 5.99. The van der Waals surface area contributed by atoms with Crippen molar-refractivity contribution in [1.82, 2.24) is 9.78 Å². The maximum Gasteiger partial charge on any atom is 0.324 e. The lowest BCUT2D eigenvalue weighted by Crippen LogP contribution is -2.19. The van der Waals surface area contributed by atoms with Crippen molar-refractivity contribution in [3.05, 3.63) is 77.5 Å². The standard InChI is InChI=1S/C19H20N4O/c1-14-3-7-16(8-4-14)13-23-12-11-18(22-23)21-19(24)20-17-9-5-15(2)6-10-17/h3-12H,13H2,1-2H3,(H2,20,21,22,24). The molecule has 0 spiro atoms. The molecule has 1 aromatic heterocycles. The van der Waals surface area contributed by atoms with Gasteiger partial charge in [-0.25, -0.2) is 4.79 Å². The molecule has 0 radical (unpaired) electrons. The summed E-state index contributed by atoms with van der Waals surface area (Å²) in [7, 11) is 0. The summed E-state index contributed by atoms with van der Waals surface area (Å²) in [6.45, 7) is 4.73. The number of aryl methyl sites for hydroxylation is 2. The molecule has 0 aliphatic carbocycles. The van der Waals surface area contributed by atoms with Gasteiger partial charge >= 0.3 is 6.03 Å². The third-order valence-electron chi connectivity index (χ3n) is 3.66. The van der Waals surface area contributed by atoms with Gasteiger partial charge in [0.05, 0.1) is 6.54 Å². The highest BCUT2D eigenvalue weighted by Gasteiger charge is 2.05. The maximum absolute atomic E-state index is 12.0. The molecule has 122 valence electrons. The van der Waals surface area contributed by atoms with E-state index in [9.17, 15) is 4.79 Å². The predicted molar refractivity (Wildman–Crippen MR) is 96.3 cm³/mol. The smallest absolute Gasteiger partial charge is 0.308 e. The number of hydrogen-bond donors (Lipinski definition) is 2. The van der Waals surface area contributed by atoms with Crippen LogP contribution in [0.15, 0.2) is 60.8 Å². The lowest BCUT2D eigenvalue weighted by molar-refractivity contribution is 0.262. The second-order valence-electron chi connectivity index (χ2n) is 5.83. The second-order valence-corrected chi connectivity index (χ2v) is 5.83. The SMILES string of the molecule is Cc1ccc(Cn2ccc(NC(=O)Nc3ccc(C)cc3)n2)cc1. The van der Waals surface area contributed by atoms with Gasteiger partial charge in [0.2, 0.25) is 0 Å². The number of amides is 2. The van der Waals surface area contributed by atoms with E-state index in [4.69, 9.17) is 0 Å². The molecule has 5 heteroatoms. The molecule has 1 heterocycles. The Morgan fingerprint density at radius 2 is 1.54 bits per heavy atom. The minimum atomic E-state index is -0.306. The van der Waals surface area contributed by atoms with E-state index in [1.165, 1.54) is 11.1 Å². The van der Waals surface area contributed by atoms with Crippen LogP contribution in [0, 0.1) is 13.8 Å². The molecule has 0 saturated heterocycles. The van der Waals surface area contributed by atoms with Crippen molar-refractivity contribution in [2.24, 2.45) is 0 Å². The average molecular weight is 320 g/mol. The molecule has 0 unspecified atom stereocenters. The summed E-state index contributed by atoms with van der Waals surface area (Å²) in [5, 5.41) is 9.89. The van der Waals surface area contributed by atoms with Crippen molar-refractivity contribution < 1.29 is 4.79 Å². The molecule has 0 atom stereocenters. The summed E-state index contributed by atoms with van der Waals surface area (Å²) < 4.78 is 1.80. The van der Waals surface area contributed by atoms with Crippen LogP contribution in [0.5, 0.6) is 0 Å².